The number of rotatable bonds is 7. The van der Waals surface area contributed by atoms with Crippen molar-refractivity contribution in [3.05, 3.63) is 70.3 Å². The number of methoxy groups -OCH3 is 1. The highest BCUT2D eigenvalue weighted by molar-refractivity contribution is 6.46. The molecule has 1 saturated heterocycles. The Morgan fingerprint density at radius 3 is 2.26 bits per heavy atom. The maximum Gasteiger partial charge on any atom is 0.295 e. The zero-order valence-corrected chi connectivity index (χ0v) is 21.3. The number of Topliss-reactive ketones (excluding diaryl/α,β-unsaturated/α-hetero) is 1. The van der Waals surface area contributed by atoms with E-state index in [9.17, 15) is 14.7 Å². The number of ketones is 1. The maximum atomic E-state index is 13.2. The quantitative estimate of drug-likeness (QED) is 0.366. The number of carbonyl (C=O) groups is 2. The summed E-state index contributed by atoms with van der Waals surface area (Å²) in [6, 6.07) is 12.6. The summed E-state index contributed by atoms with van der Waals surface area (Å²) in [5.74, 6) is -0.718. The van der Waals surface area contributed by atoms with E-state index in [0.29, 0.717) is 17.9 Å². The fourth-order valence-corrected chi connectivity index (χ4v) is 4.35. The molecule has 1 N–H and O–H groups in total. The summed E-state index contributed by atoms with van der Waals surface area (Å²) in [5.41, 5.74) is 3.36. The normalized spacial score (nSPS) is 18.1. The second kappa shape index (κ2) is 10.0. The zero-order chi connectivity index (χ0) is 25.2. The SMILES string of the molecule is COc1ccc(C(O)=C2C(=O)C(=O)N(CCCN(C)C)[C@H]2c2ccc(C(C)(C)C)cc2)c(C)c1. The van der Waals surface area contributed by atoms with Crippen LogP contribution in [0, 0.1) is 6.92 Å². The number of amides is 1. The molecule has 1 aliphatic heterocycles. The lowest BCUT2D eigenvalue weighted by Crippen LogP contribution is -2.32. The van der Waals surface area contributed by atoms with E-state index in [1.165, 1.54) is 0 Å². The highest BCUT2D eigenvalue weighted by Gasteiger charge is 2.46. The maximum absolute atomic E-state index is 13.2. The Hall–Kier alpha value is -3.12. The number of aryl methyl sites for hydroxylation is 1. The minimum Gasteiger partial charge on any atom is -0.507 e. The third-order valence-corrected chi connectivity index (χ3v) is 6.33. The Labute approximate surface area is 202 Å². The molecule has 0 spiro atoms. The van der Waals surface area contributed by atoms with Gasteiger partial charge in [0.1, 0.15) is 11.5 Å². The lowest BCUT2D eigenvalue weighted by molar-refractivity contribution is -0.139. The molecule has 0 aliphatic carbocycles. The Morgan fingerprint density at radius 2 is 1.74 bits per heavy atom. The summed E-state index contributed by atoms with van der Waals surface area (Å²) in [5, 5.41) is 11.3. The topological polar surface area (TPSA) is 70.1 Å². The van der Waals surface area contributed by atoms with E-state index in [1.54, 1.807) is 30.2 Å². The van der Waals surface area contributed by atoms with Crippen LogP contribution >= 0.6 is 0 Å². The van der Waals surface area contributed by atoms with Crippen LogP contribution in [0.2, 0.25) is 0 Å². The molecular formula is C28H36N2O4. The Kier molecular flexibility index (Phi) is 7.51. The molecule has 0 saturated carbocycles. The summed E-state index contributed by atoms with van der Waals surface area (Å²) in [4.78, 5) is 30.0. The smallest absolute Gasteiger partial charge is 0.295 e. The average molecular weight is 465 g/mol. The van der Waals surface area contributed by atoms with E-state index >= 15 is 0 Å². The molecule has 2 aromatic carbocycles. The first-order valence-corrected chi connectivity index (χ1v) is 11.6. The fourth-order valence-electron chi connectivity index (χ4n) is 4.35. The molecule has 34 heavy (non-hydrogen) atoms. The number of likely N-dealkylation sites (tertiary alicyclic amines) is 1. The third-order valence-electron chi connectivity index (χ3n) is 6.33. The molecule has 1 heterocycles. The van der Waals surface area contributed by atoms with E-state index in [2.05, 4.69) is 20.8 Å². The van der Waals surface area contributed by atoms with Gasteiger partial charge in [-0.25, -0.2) is 0 Å². The van der Waals surface area contributed by atoms with Crippen LogP contribution in [0.4, 0.5) is 0 Å². The minimum atomic E-state index is -0.650. The number of aliphatic hydroxyl groups excluding tert-OH is 1. The van der Waals surface area contributed by atoms with Gasteiger partial charge < -0.3 is 19.6 Å². The van der Waals surface area contributed by atoms with Gasteiger partial charge in [-0.3, -0.25) is 9.59 Å². The molecule has 1 amide bonds. The fraction of sp³-hybridized carbons (Fsp3) is 0.429. The molecular weight excluding hydrogens is 428 g/mol. The predicted octanol–water partition coefficient (Wildman–Crippen LogP) is 4.67. The van der Waals surface area contributed by atoms with Crippen LogP contribution in [0.1, 0.15) is 55.5 Å². The van der Waals surface area contributed by atoms with Crippen molar-refractivity contribution in [1.29, 1.82) is 0 Å². The predicted molar refractivity (Wildman–Crippen MR) is 135 cm³/mol. The minimum absolute atomic E-state index is 0.0216. The highest BCUT2D eigenvalue weighted by Crippen LogP contribution is 2.40. The molecule has 182 valence electrons. The molecule has 6 heteroatoms. The molecule has 1 fully saturated rings. The molecule has 0 unspecified atom stereocenters. The first-order valence-electron chi connectivity index (χ1n) is 11.6. The van der Waals surface area contributed by atoms with Gasteiger partial charge in [-0.05, 0) is 74.3 Å². The van der Waals surface area contributed by atoms with Crippen LogP contribution in [0.15, 0.2) is 48.0 Å². The Morgan fingerprint density at radius 1 is 1.09 bits per heavy atom. The number of benzene rings is 2. The average Bonchev–Trinajstić information content (AvgIpc) is 3.02. The summed E-state index contributed by atoms with van der Waals surface area (Å²) >= 11 is 0. The van der Waals surface area contributed by atoms with Crippen molar-refractivity contribution >= 4 is 17.4 Å². The second-order valence-electron chi connectivity index (χ2n) is 10.2. The van der Waals surface area contributed by atoms with Gasteiger partial charge in [-0.2, -0.15) is 0 Å². The summed E-state index contributed by atoms with van der Waals surface area (Å²) in [6.07, 6.45) is 0.720. The molecule has 1 aliphatic rings. The van der Waals surface area contributed by atoms with Gasteiger partial charge in [0.05, 0.1) is 18.7 Å². The van der Waals surface area contributed by atoms with Crippen LogP contribution in [0.3, 0.4) is 0 Å². The molecule has 3 rings (SSSR count). The van der Waals surface area contributed by atoms with Gasteiger partial charge in [0.25, 0.3) is 11.7 Å². The molecule has 0 aromatic heterocycles. The van der Waals surface area contributed by atoms with E-state index in [-0.39, 0.29) is 16.7 Å². The van der Waals surface area contributed by atoms with Crippen LogP contribution in [-0.2, 0) is 15.0 Å². The number of ether oxygens (including phenoxy) is 1. The third kappa shape index (κ3) is 5.17. The van der Waals surface area contributed by atoms with Crippen LogP contribution in [0.5, 0.6) is 5.75 Å². The zero-order valence-electron chi connectivity index (χ0n) is 21.3. The van der Waals surface area contributed by atoms with Gasteiger partial charge >= 0.3 is 0 Å². The van der Waals surface area contributed by atoms with Crippen molar-refractivity contribution in [3.8, 4) is 5.75 Å². The number of nitrogens with zero attached hydrogens (tertiary/aromatic N) is 2. The molecule has 0 bridgehead atoms. The van der Waals surface area contributed by atoms with E-state index in [1.807, 2.05) is 50.2 Å². The number of carbonyl (C=O) groups excluding carboxylic acids is 2. The second-order valence-corrected chi connectivity index (χ2v) is 10.2. The summed E-state index contributed by atoms with van der Waals surface area (Å²) in [6.45, 7) is 9.48. The van der Waals surface area contributed by atoms with Crippen LogP contribution < -0.4 is 4.74 Å². The van der Waals surface area contributed by atoms with Crippen LogP contribution in [-0.4, -0.2) is 60.9 Å². The van der Waals surface area contributed by atoms with Gasteiger partial charge in [0, 0.05) is 12.1 Å². The first-order chi connectivity index (χ1) is 16.0. The van der Waals surface area contributed by atoms with Gasteiger partial charge in [-0.15, -0.1) is 0 Å². The molecule has 0 radical (unpaired) electrons. The van der Waals surface area contributed by atoms with Crippen molar-refractivity contribution in [2.75, 3.05) is 34.3 Å². The van der Waals surface area contributed by atoms with Crippen molar-refractivity contribution in [2.45, 2.75) is 45.6 Å². The van der Waals surface area contributed by atoms with Crippen molar-refractivity contribution in [3.63, 3.8) is 0 Å². The largest absolute Gasteiger partial charge is 0.507 e. The standard InChI is InChI=1S/C28H36N2O4/c1-18-17-21(34-7)13-14-22(18)25(31)23-24(19-9-11-20(12-10-19)28(2,3)4)30(27(33)26(23)32)16-8-15-29(5)6/h9-14,17,24,31H,8,15-16H2,1-7H3/t24-/m0/s1. The molecule has 6 nitrogen and oxygen atoms in total. The Balaban J connectivity index is 2.13. The van der Waals surface area contributed by atoms with E-state index in [0.717, 1.165) is 29.7 Å². The highest BCUT2D eigenvalue weighted by atomic mass is 16.5. The number of hydrogen-bond donors (Lipinski definition) is 1. The van der Waals surface area contributed by atoms with Crippen molar-refractivity contribution in [1.82, 2.24) is 9.80 Å². The summed E-state index contributed by atoms with van der Waals surface area (Å²) < 4.78 is 5.27. The van der Waals surface area contributed by atoms with Gasteiger partial charge in [0.2, 0.25) is 0 Å². The molecule has 2 aromatic rings. The Bertz CT molecular complexity index is 1090. The number of hydrogen-bond acceptors (Lipinski definition) is 5. The van der Waals surface area contributed by atoms with Crippen molar-refractivity contribution in [2.24, 2.45) is 0 Å². The van der Waals surface area contributed by atoms with Crippen LogP contribution in [0.25, 0.3) is 5.76 Å². The lowest BCUT2D eigenvalue weighted by Gasteiger charge is -2.27. The van der Waals surface area contributed by atoms with Gasteiger partial charge in [-0.1, -0.05) is 45.0 Å². The van der Waals surface area contributed by atoms with E-state index < -0.39 is 17.7 Å². The molecule has 1 atom stereocenters. The lowest BCUT2D eigenvalue weighted by atomic mass is 9.85. The van der Waals surface area contributed by atoms with Gasteiger partial charge in [0.15, 0.2) is 0 Å². The monoisotopic (exact) mass is 464 g/mol. The van der Waals surface area contributed by atoms with Crippen molar-refractivity contribution < 1.29 is 19.4 Å². The first kappa shape index (κ1) is 25.5. The summed E-state index contributed by atoms with van der Waals surface area (Å²) in [7, 11) is 5.53. The number of aliphatic hydroxyl groups is 1. The van der Waals surface area contributed by atoms with E-state index in [4.69, 9.17) is 4.74 Å².